The molecule has 0 bridgehead atoms. The summed E-state index contributed by atoms with van der Waals surface area (Å²) >= 11 is 3.25. The minimum Gasteiger partial charge on any atom is -0.481 e. The number of nitriles is 1. The van der Waals surface area contributed by atoms with Gasteiger partial charge >= 0.3 is 5.97 Å². The van der Waals surface area contributed by atoms with Crippen molar-refractivity contribution in [3.05, 3.63) is 33.4 Å². The third-order valence-electron chi connectivity index (χ3n) is 3.88. The number of nitrogens with zero attached hydrogens (tertiary/aromatic N) is 3. The van der Waals surface area contributed by atoms with E-state index in [0.717, 1.165) is 12.3 Å². The van der Waals surface area contributed by atoms with Gasteiger partial charge in [0.25, 0.3) is 21.7 Å². The van der Waals surface area contributed by atoms with Crippen LogP contribution in [0.1, 0.15) is 28.8 Å². The molecule has 31 heavy (non-hydrogen) atoms. The van der Waals surface area contributed by atoms with Crippen LogP contribution in [0.2, 0.25) is 0 Å². The van der Waals surface area contributed by atoms with Gasteiger partial charge in [0, 0.05) is 37.5 Å². The van der Waals surface area contributed by atoms with E-state index >= 15 is 0 Å². The van der Waals surface area contributed by atoms with Crippen molar-refractivity contribution in [2.45, 2.75) is 12.8 Å². The van der Waals surface area contributed by atoms with Crippen LogP contribution in [0, 0.1) is 21.4 Å². The molecule has 0 saturated heterocycles. The highest BCUT2D eigenvalue weighted by atomic mass is 79.9. The zero-order valence-electron chi connectivity index (χ0n) is 16.5. The second kappa shape index (κ2) is 12.2. The lowest BCUT2D eigenvalue weighted by Crippen LogP contribution is -2.31. The molecule has 0 radical (unpaired) electrons. The van der Waals surface area contributed by atoms with Gasteiger partial charge in [-0.15, -0.1) is 0 Å². The monoisotopic (exact) mass is 520 g/mol. The first-order valence-corrected chi connectivity index (χ1v) is 11.8. The zero-order valence-corrected chi connectivity index (χ0v) is 18.9. The molecule has 0 aliphatic rings. The summed E-state index contributed by atoms with van der Waals surface area (Å²) < 4.78 is 27.1. The molecule has 0 aliphatic carbocycles. The van der Waals surface area contributed by atoms with Crippen molar-refractivity contribution in [3.63, 3.8) is 0 Å². The molecule has 0 aromatic heterocycles. The predicted octanol–water partition coefficient (Wildman–Crippen LogP) is 1.24. The topological polar surface area (TPSA) is 180 Å². The molecule has 1 aromatic carbocycles. The minimum absolute atomic E-state index is 0.00899. The number of hydrogen-bond acceptors (Lipinski definition) is 9. The van der Waals surface area contributed by atoms with E-state index < -0.39 is 32.6 Å². The Bertz CT molecular complexity index is 977. The molecule has 0 aliphatic heterocycles. The molecule has 0 fully saturated rings. The average Bonchev–Trinajstić information content (AvgIpc) is 2.68. The Balaban J connectivity index is 3.26. The Kier molecular flexibility index (Phi) is 10.3. The molecule has 2 N–H and O–H groups in total. The molecular weight excluding hydrogens is 500 g/mol. The van der Waals surface area contributed by atoms with Crippen LogP contribution >= 0.6 is 15.9 Å². The number of nitrogens with one attached hydrogen (secondary N) is 1. The summed E-state index contributed by atoms with van der Waals surface area (Å²) in [5.74, 6) is -1.84. The first kappa shape index (κ1) is 26.3. The van der Waals surface area contributed by atoms with Gasteiger partial charge in [0.15, 0.2) is 0 Å². The molecule has 1 rings (SSSR count). The molecule has 0 unspecified atom stereocenters. The van der Waals surface area contributed by atoms with E-state index in [-0.39, 0.29) is 49.4 Å². The molecule has 1 amide bonds. The fraction of sp³-hybridized carbons (Fsp3) is 0.471. The summed E-state index contributed by atoms with van der Waals surface area (Å²) in [5.41, 5.74) is -0.769. The fourth-order valence-corrected chi connectivity index (χ4v) is 3.36. The normalized spacial score (nSPS) is 10.9. The summed E-state index contributed by atoms with van der Waals surface area (Å²) in [6.07, 6.45) is 0.845. The van der Waals surface area contributed by atoms with E-state index in [4.69, 9.17) is 9.29 Å². The summed E-state index contributed by atoms with van der Waals surface area (Å²) in [7, 11) is -3.69. The van der Waals surface area contributed by atoms with E-state index in [1.807, 2.05) is 6.07 Å². The first-order valence-electron chi connectivity index (χ1n) is 8.88. The van der Waals surface area contributed by atoms with Crippen molar-refractivity contribution in [1.29, 1.82) is 5.26 Å². The molecule has 0 heterocycles. The van der Waals surface area contributed by atoms with Gasteiger partial charge in [-0.05, 0) is 12.5 Å². The second-order valence-corrected chi connectivity index (χ2v) is 8.65. The molecule has 14 heteroatoms. The summed E-state index contributed by atoms with van der Waals surface area (Å²) in [6.45, 7) is 0.0828. The highest BCUT2D eigenvalue weighted by Gasteiger charge is 2.25. The predicted molar refractivity (Wildman–Crippen MR) is 114 cm³/mol. The maximum absolute atomic E-state index is 12.5. The SMILES string of the molecule is CS(=O)(=O)OCCN(CCBr)c1cc(C(=O)NCCCC(=O)O)c([N+](=O)[O-])cc1C#N. The third kappa shape index (κ3) is 8.87. The third-order valence-corrected chi connectivity index (χ3v) is 4.83. The number of rotatable bonds is 13. The second-order valence-electron chi connectivity index (χ2n) is 6.21. The first-order chi connectivity index (χ1) is 14.5. The van der Waals surface area contributed by atoms with Crippen molar-refractivity contribution >= 4 is 49.3 Å². The van der Waals surface area contributed by atoms with Crippen LogP contribution in [-0.4, -0.2) is 68.2 Å². The summed E-state index contributed by atoms with van der Waals surface area (Å²) in [6, 6.07) is 4.01. The van der Waals surface area contributed by atoms with Crippen molar-refractivity contribution in [3.8, 4) is 6.07 Å². The largest absolute Gasteiger partial charge is 0.481 e. The molecule has 0 atom stereocenters. The Morgan fingerprint density at radius 1 is 1.39 bits per heavy atom. The lowest BCUT2D eigenvalue weighted by atomic mass is 10.0. The summed E-state index contributed by atoms with van der Waals surface area (Å²) in [5, 5.41) is 32.4. The standard InChI is InChI=1S/C17H21BrN4O8S/c1-31(28,29)30-8-7-21(6-4-18)14-10-13(15(22(26)27)9-12(14)11-19)17(25)20-5-2-3-16(23)24/h9-10H,2-8H2,1H3,(H,20,25)(H,23,24). The number of amides is 1. The number of anilines is 1. The molecular formula is C17H21BrN4O8S. The number of benzene rings is 1. The summed E-state index contributed by atoms with van der Waals surface area (Å²) in [4.78, 5) is 35.3. The quantitative estimate of drug-likeness (QED) is 0.126. The van der Waals surface area contributed by atoms with Crippen LogP contribution in [0.4, 0.5) is 11.4 Å². The zero-order chi connectivity index (χ0) is 23.6. The fourth-order valence-electron chi connectivity index (χ4n) is 2.55. The van der Waals surface area contributed by atoms with Gasteiger partial charge in [-0.3, -0.25) is 23.9 Å². The average molecular weight is 521 g/mol. The number of alkyl halides is 1. The van der Waals surface area contributed by atoms with Crippen LogP contribution in [0.5, 0.6) is 0 Å². The van der Waals surface area contributed by atoms with Gasteiger partial charge in [-0.25, -0.2) is 0 Å². The number of aliphatic carboxylic acids is 1. The smallest absolute Gasteiger partial charge is 0.303 e. The van der Waals surface area contributed by atoms with Gasteiger partial charge in [0.1, 0.15) is 11.6 Å². The van der Waals surface area contributed by atoms with Crippen LogP contribution in [-0.2, 0) is 19.1 Å². The van der Waals surface area contributed by atoms with E-state index in [0.29, 0.717) is 11.9 Å². The van der Waals surface area contributed by atoms with Crippen molar-refractivity contribution in [1.82, 2.24) is 5.32 Å². The number of halogens is 1. The molecule has 1 aromatic rings. The van der Waals surface area contributed by atoms with Crippen LogP contribution in [0.25, 0.3) is 0 Å². The van der Waals surface area contributed by atoms with Crippen molar-refractivity contribution < 1.29 is 32.2 Å². The highest BCUT2D eigenvalue weighted by molar-refractivity contribution is 9.09. The van der Waals surface area contributed by atoms with E-state index in [2.05, 4.69) is 21.2 Å². The number of carboxylic acid groups (broad SMARTS) is 1. The molecule has 170 valence electrons. The number of hydrogen-bond donors (Lipinski definition) is 2. The number of carbonyl (C=O) groups excluding carboxylic acids is 1. The van der Waals surface area contributed by atoms with E-state index in [1.54, 1.807) is 4.90 Å². The van der Waals surface area contributed by atoms with Crippen LogP contribution in [0.15, 0.2) is 12.1 Å². The van der Waals surface area contributed by atoms with E-state index in [9.17, 15) is 33.4 Å². The van der Waals surface area contributed by atoms with Crippen molar-refractivity contribution in [2.24, 2.45) is 0 Å². The number of carbonyl (C=O) groups is 2. The Hall–Kier alpha value is -2.76. The Morgan fingerprint density at radius 3 is 2.58 bits per heavy atom. The Labute approximate surface area is 187 Å². The maximum Gasteiger partial charge on any atom is 0.303 e. The Morgan fingerprint density at radius 2 is 2.06 bits per heavy atom. The molecule has 0 spiro atoms. The minimum atomic E-state index is -3.69. The number of carboxylic acids is 1. The van der Waals surface area contributed by atoms with E-state index in [1.165, 1.54) is 6.07 Å². The van der Waals surface area contributed by atoms with Gasteiger partial charge in [0.05, 0.1) is 29.0 Å². The van der Waals surface area contributed by atoms with Gasteiger partial charge < -0.3 is 15.3 Å². The van der Waals surface area contributed by atoms with Crippen LogP contribution in [0.3, 0.4) is 0 Å². The molecule has 0 saturated carbocycles. The van der Waals surface area contributed by atoms with Crippen LogP contribution < -0.4 is 10.2 Å². The van der Waals surface area contributed by atoms with Gasteiger partial charge in [-0.1, -0.05) is 15.9 Å². The number of nitro benzene ring substituents is 1. The lowest BCUT2D eigenvalue weighted by Gasteiger charge is -2.25. The maximum atomic E-state index is 12.5. The van der Waals surface area contributed by atoms with Gasteiger partial charge in [-0.2, -0.15) is 13.7 Å². The molecule has 12 nitrogen and oxygen atoms in total. The number of nitro groups is 1. The lowest BCUT2D eigenvalue weighted by molar-refractivity contribution is -0.385. The van der Waals surface area contributed by atoms with Gasteiger partial charge in [0.2, 0.25) is 0 Å². The highest BCUT2D eigenvalue weighted by Crippen LogP contribution is 2.29. The van der Waals surface area contributed by atoms with Crippen molar-refractivity contribution in [2.75, 3.05) is 42.7 Å².